The van der Waals surface area contributed by atoms with Crippen LogP contribution in [0.4, 0.5) is 0 Å². The zero-order valence-corrected chi connectivity index (χ0v) is 13.9. The van der Waals surface area contributed by atoms with Gasteiger partial charge in [-0.1, -0.05) is 0 Å². The molecule has 0 radical (unpaired) electrons. The Labute approximate surface area is 137 Å². The second kappa shape index (κ2) is 17.0. The largest absolute Gasteiger partial charge is 0.412 e. The van der Waals surface area contributed by atoms with Crippen LogP contribution in [0.25, 0.3) is 0 Å². The molecule has 19 heavy (non-hydrogen) atoms. The predicted molar refractivity (Wildman–Crippen MR) is 49.8 cm³/mol. The Bertz CT molecular complexity index is 342. The first kappa shape index (κ1) is 42.7. The van der Waals surface area contributed by atoms with Crippen LogP contribution in [0.2, 0.25) is 0 Å². The molecule has 0 amide bonds. The Morgan fingerprint density at radius 2 is 0.421 bits per heavy atom. The molecule has 0 aromatic heterocycles. The Hall–Kier alpha value is 0.959. The summed E-state index contributed by atoms with van der Waals surface area (Å²) in [5.74, 6) is 0. The minimum atomic E-state index is -4.67. The Morgan fingerprint density at radius 1 is 0.421 bits per heavy atom. The van der Waals surface area contributed by atoms with Gasteiger partial charge >= 0.3 is 31.2 Å². The van der Waals surface area contributed by atoms with Crippen molar-refractivity contribution in [2.75, 3.05) is 0 Å². The summed E-state index contributed by atoms with van der Waals surface area (Å²) < 4.78 is 94.8. The monoisotopic (exact) mass is 426 g/mol. The summed E-state index contributed by atoms with van der Waals surface area (Å²) in [4.78, 5) is 0. The first-order valence-electron chi connectivity index (χ1n) is 2.10. The van der Waals surface area contributed by atoms with Gasteiger partial charge in [-0.3, -0.25) is 27.3 Å². The van der Waals surface area contributed by atoms with E-state index in [1.807, 2.05) is 0 Å². The molecule has 0 bridgehead atoms. The van der Waals surface area contributed by atoms with Crippen molar-refractivity contribution < 1.29 is 107 Å². The molecule has 0 aromatic rings. The first-order valence-corrected chi connectivity index (χ1v) is 6.29. The quantitative estimate of drug-likeness (QED) is 0.162. The van der Waals surface area contributed by atoms with E-state index in [1.165, 1.54) is 0 Å². The molecule has 0 aliphatic carbocycles. The Morgan fingerprint density at radius 3 is 0.421 bits per heavy atom. The summed E-state index contributed by atoms with van der Waals surface area (Å²) >= 11 is 0. The van der Waals surface area contributed by atoms with Crippen molar-refractivity contribution in [2.24, 2.45) is 0 Å². The van der Waals surface area contributed by atoms with Gasteiger partial charge in [0.15, 0.2) is 0 Å². The van der Waals surface area contributed by atoms with E-state index >= 15 is 0 Å². The van der Waals surface area contributed by atoms with Crippen molar-refractivity contribution in [2.45, 2.75) is 0 Å². The van der Waals surface area contributed by atoms with Crippen LogP contribution >= 0.6 is 0 Å². The summed E-state index contributed by atoms with van der Waals surface area (Å²) in [5.41, 5.74) is 0. The van der Waals surface area contributed by atoms with E-state index in [0.717, 1.165) is 0 Å². The molecular weight excluding hydrogens is 416 g/mol. The van der Waals surface area contributed by atoms with Gasteiger partial charge in [0.2, 0.25) is 0 Å². The second-order valence-corrected chi connectivity index (χ2v) is 4.03. The number of rotatable bonds is 0. The van der Waals surface area contributed by atoms with Crippen LogP contribution in [-0.4, -0.2) is 63.5 Å². The van der Waals surface area contributed by atoms with Crippen molar-refractivity contribution >= 4 is 31.2 Å². The molecule has 0 unspecified atom stereocenters. The summed E-state index contributed by atoms with van der Waals surface area (Å²) in [6.45, 7) is 0. The Balaban J connectivity index is -0.0000000206. The smallest absolute Gasteiger partial charge is 0.394 e. The fraction of sp³-hybridized carbons (Fsp3) is 0. The maximum atomic E-state index is 8.74. The molecule has 0 spiro atoms. The van der Waals surface area contributed by atoms with Gasteiger partial charge in [0, 0.05) is 43.4 Å². The molecule has 0 saturated carbocycles. The average molecular weight is 426 g/mol. The maximum absolute atomic E-state index is 8.74. The SMILES string of the molecule is O.O.O=S(=O)(O)O.O=S(=O)(O)O.O=S(=O)(O)O.[Ti].[Ti]. The van der Waals surface area contributed by atoms with E-state index in [9.17, 15) is 0 Å². The van der Waals surface area contributed by atoms with Crippen LogP contribution in [0.5, 0.6) is 0 Å². The zero-order valence-electron chi connectivity index (χ0n) is 8.36. The average Bonchev–Trinajstić information content (AvgIpc) is 1.41. The summed E-state index contributed by atoms with van der Waals surface area (Å²) in [6.07, 6.45) is 0. The summed E-state index contributed by atoms with van der Waals surface area (Å²) in [7, 11) is -14.0. The van der Waals surface area contributed by atoms with E-state index in [4.69, 9.17) is 52.6 Å². The minimum absolute atomic E-state index is 0. The van der Waals surface area contributed by atoms with E-state index in [-0.39, 0.29) is 54.4 Å². The third kappa shape index (κ3) is 5930. The van der Waals surface area contributed by atoms with Crippen molar-refractivity contribution in [3.63, 3.8) is 0 Å². The van der Waals surface area contributed by atoms with Gasteiger partial charge in [-0.15, -0.1) is 0 Å². The van der Waals surface area contributed by atoms with Gasteiger partial charge in [-0.05, 0) is 0 Å². The molecule has 0 saturated heterocycles. The van der Waals surface area contributed by atoms with Crippen LogP contribution < -0.4 is 0 Å². The molecule has 10 N–H and O–H groups in total. The Kier molecular flexibility index (Phi) is 38.2. The molecule has 0 aliphatic rings. The molecule has 0 fully saturated rings. The van der Waals surface area contributed by atoms with Crippen LogP contribution in [0.1, 0.15) is 0 Å². The molecule has 0 aromatic carbocycles. The van der Waals surface area contributed by atoms with Gasteiger partial charge in [-0.2, -0.15) is 25.3 Å². The zero-order chi connectivity index (χ0) is 13.5. The van der Waals surface area contributed by atoms with Gasteiger partial charge in [0.05, 0.1) is 0 Å². The molecule has 0 heterocycles. The van der Waals surface area contributed by atoms with Gasteiger partial charge in [-0.25, -0.2) is 0 Å². The minimum Gasteiger partial charge on any atom is -0.412 e. The second-order valence-electron chi connectivity index (χ2n) is 1.34. The number of hydrogen-bond donors (Lipinski definition) is 6. The first-order chi connectivity index (χ1) is 6.00. The van der Waals surface area contributed by atoms with Crippen molar-refractivity contribution in [1.82, 2.24) is 0 Å². The molecule has 120 valence electrons. The molecule has 0 atom stereocenters. The van der Waals surface area contributed by atoms with Gasteiger partial charge < -0.3 is 11.0 Å². The normalized spacial score (nSPS) is 9.16. The van der Waals surface area contributed by atoms with E-state index in [2.05, 4.69) is 0 Å². The topological polar surface area (TPSA) is 287 Å². The molecule has 0 aliphatic heterocycles. The summed E-state index contributed by atoms with van der Waals surface area (Å²) in [6, 6.07) is 0. The van der Waals surface area contributed by atoms with Gasteiger partial charge in [0.1, 0.15) is 0 Å². The van der Waals surface area contributed by atoms with Gasteiger partial charge in [0.25, 0.3) is 0 Å². The van der Waals surface area contributed by atoms with Crippen molar-refractivity contribution in [3.05, 3.63) is 0 Å². The fourth-order valence-corrected chi connectivity index (χ4v) is 0. The van der Waals surface area contributed by atoms with Crippen LogP contribution in [0, 0.1) is 0 Å². The third-order valence-corrected chi connectivity index (χ3v) is 0. The van der Waals surface area contributed by atoms with Crippen LogP contribution in [0.3, 0.4) is 0 Å². The summed E-state index contributed by atoms with van der Waals surface area (Å²) in [5, 5.41) is 0. The standard InChI is InChI=1S/3H2O4S.2H2O.2Ti/c3*1-5(2,3)4;;;;/h3*(H2,1,2,3,4);2*1H2;;. The van der Waals surface area contributed by atoms with Crippen LogP contribution in [-0.2, 0) is 74.6 Å². The number of hydrogen-bond acceptors (Lipinski definition) is 6. The molecular formula is H10O14S3Ti2. The molecule has 14 nitrogen and oxygen atoms in total. The third-order valence-electron chi connectivity index (χ3n) is 0. The van der Waals surface area contributed by atoms with Crippen molar-refractivity contribution in [3.8, 4) is 0 Å². The van der Waals surface area contributed by atoms with E-state index in [0.29, 0.717) is 0 Å². The van der Waals surface area contributed by atoms with E-state index < -0.39 is 31.2 Å². The van der Waals surface area contributed by atoms with Crippen molar-refractivity contribution in [1.29, 1.82) is 0 Å². The fourth-order valence-electron chi connectivity index (χ4n) is 0. The predicted octanol–water partition coefficient (Wildman–Crippen LogP) is -3.61. The molecule has 19 heteroatoms. The maximum Gasteiger partial charge on any atom is 0.394 e. The van der Waals surface area contributed by atoms with Crippen LogP contribution in [0.15, 0.2) is 0 Å². The van der Waals surface area contributed by atoms with E-state index in [1.54, 1.807) is 0 Å². The molecule has 0 rings (SSSR count).